The molecule has 0 saturated carbocycles. The molecule has 2 aromatic carbocycles. The number of nitrogens with zero attached hydrogens (tertiary/aromatic N) is 1. The summed E-state index contributed by atoms with van der Waals surface area (Å²) < 4.78 is 1.20. The first-order valence-electron chi connectivity index (χ1n) is 9.49. The van der Waals surface area contributed by atoms with Crippen LogP contribution in [0.2, 0.25) is 0 Å². The Morgan fingerprint density at radius 2 is 1.62 bits per heavy atom. The molecule has 0 aliphatic heterocycles. The molecular formula is C23H27NOS. The van der Waals surface area contributed by atoms with E-state index < -0.39 is 0 Å². The summed E-state index contributed by atoms with van der Waals surface area (Å²) >= 11 is 1.64. The molecule has 136 valence electrons. The second-order valence-electron chi connectivity index (χ2n) is 6.86. The first kappa shape index (κ1) is 18.7. The van der Waals surface area contributed by atoms with Crippen LogP contribution in [0, 0.1) is 6.92 Å². The normalized spacial score (nSPS) is 11.0. The van der Waals surface area contributed by atoms with Crippen LogP contribution >= 0.6 is 11.3 Å². The lowest BCUT2D eigenvalue weighted by Gasteiger charge is -2.21. The topological polar surface area (TPSA) is 20.3 Å². The van der Waals surface area contributed by atoms with E-state index in [1.165, 1.54) is 26.8 Å². The van der Waals surface area contributed by atoms with E-state index in [0.29, 0.717) is 0 Å². The number of thiophene rings is 1. The Morgan fingerprint density at radius 3 is 2.27 bits per heavy atom. The largest absolute Gasteiger partial charge is 0.338 e. The molecule has 0 N–H and O–H groups in total. The molecule has 0 radical (unpaired) electrons. The molecule has 0 atom stereocenters. The number of hydrogen-bond donors (Lipinski definition) is 0. The zero-order chi connectivity index (χ0) is 18.5. The minimum Gasteiger partial charge on any atom is -0.338 e. The van der Waals surface area contributed by atoms with Crippen molar-refractivity contribution in [3.63, 3.8) is 0 Å². The first-order valence-corrected chi connectivity index (χ1v) is 10.3. The van der Waals surface area contributed by atoms with Gasteiger partial charge in [-0.1, -0.05) is 61.9 Å². The van der Waals surface area contributed by atoms with Gasteiger partial charge < -0.3 is 4.90 Å². The Morgan fingerprint density at radius 1 is 0.962 bits per heavy atom. The highest BCUT2D eigenvalue weighted by molar-refractivity contribution is 7.21. The summed E-state index contributed by atoms with van der Waals surface area (Å²) in [6, 6.07) is 17.0. The summed E-state index contributed by atoms with van der Waals surface area (Å²) in [7, 11) is 0. The third kappa shape index (κ3) is 3.99. The Balaban J connectivity index is 2.03. The number of aryl methyl sites for hydroxylation is 1. The maximum absolute atomic E-state index is 13.3. The van der Waals surface area contributed by atoms with Crippen molar-refractivity contribution in [2.75, 3.05) is 13.1 Å². The molecule has 0 fully saturated rings. The van der Waals surface area contributed by atoms with Crippen LogP contribution < -0.4 is 0 Å². The highest BCUT2D eigenvalue weighted by Crippen LogP contribution is 2.34. The zero-order valence-electron chi connectivity index (χ0n) is 15.9. The van der Waals surface area contributed by atoms with Crippen molar-refractivity contribution in [2.24, 2.45) is 0 Å². The van der Waals surface area contributed by atoms with E-state index in [2.05, 4.69) is 69.3 Å². The molecule has 26 heavy (non-hydrogen) atoms. The number of benzene rings is 2. The van der Waals surface area contributed by atoms with Crippen LogP contribution in [0.1, 0.15) is 53.1 Å². The molecule has 0 unspecified atom stereocenters. The maximum atomic E-state index is 13.3. The van der Waals surface area contributed by atoms with E-state index in [-0.39, 0.29) is 5.91 Å². The molecule has 2 nitrogen and oxygen atoms in total. The summed E-state index contributed by atoms with van der Waals surface area (Å²) in [5.41, 5.74) is 3.69. The van der Waals surface area contributed by atoms with Gasteiger partial charge in [0.1, 0.15) is 0 Å². The summed E-state index contributed by atoms with van der Waals surface area (Å²) in [4.78, 5) is 16.2. The number of carbonyl (C=O) groups excluding carboxylic acids is 1. The molecule has 3 aromatic rings. The average molecular weight is 366 g/mol. The molecule has 0 aliphatic rings. The molecule has 1 amide bonds. The van der Waals surface area contributed by atoms with Crippen molar-refractivity contribution in [1.29, 1.82) is 0 Å². The molecule has 0 bridgehead atoms. The van der Waals surface area contributed by atoms with E-state index in [0.717, 1.165) is 37.2 Å². The molecule has 0 aliphatic carbocycles. The fourth-order valence-electron chi connectivity index (χ4n) is 3.36. The minimum absolute atomic E-state index is 0.192. The Labute approximate surface area is 160 Å². The van der Waals surface area contributed by atoms with Gasteiger partial charge in [0, 0.05) is 17.8 Å². The van der Waals surface area contributed by atoms with E-state index in [1.807, 2.05) is 4.90 Å². The fraction of sp³-hybridized carbons (Fsp3) is 0.348. The molecule has 0 spiro atoms. The van der Waals surface area contributed by atoms with E-state index in [1.54, 1.807) is 11.3 Å². The summed E-state index contributed by atoms with van der Waals surface area (Å²) in [6.07, 6.45) is 2.78. The van der Waals surface area contributed by atoms with Gasteiger partial charge in [0.05, 0.1) is 4.88 Å². The van der Waals surface area contributed by atoms with Crippen LogP contribution in [-0.2, 0) is 6.42 Å². The summed E-state index contributed by atoms with van der Waals surface area (Å²) in [6.45, 7) is 8.02. The number of carbonyl (C=O) groups is 1. The standard InChI is InChI=1S/C23H27NOS/c1-4-14-24(15-5-2)23(25)22-20(16-18-12-10-17(3)11-13-18)19-8-6-7-9-21(19)26-22/h6-13H,4-5,14-16H2,1-3H3. The summed E-state index contributed by atoms with van der Waals surface area (Å²) in [5, 5.41) is 1.22. The zero-order valence-corrected chi connectivity index (χ0v) is 16.7. The third-order valence-electron chi connectivity index (χ3n) is 4.67. The van der Waals surface area contributed by atoms with Gasteiger partial charge in [0.15, 0.2) is 0 Å². The van der Waals surface area contributed by atoms with Crippen LogP contribution in [0.25, 0.3) is 10.1 Å². The monoisotopic (exact) mass is 365 g/mol. The first-order chi connectivity index (χ1) is 12.6. The van der Waals surface area contributed by atoms with Gasteiger partial charge in [-0.2, -0.15) is 0 Å². The highest BCUT2D eigenvalue weighted by Gasteiger charge is 2.22. The molecule has 1 aromatic heterocycles. The average Bonchev–Trinajstić information content (AvgIpc) is 3.01. The van der Waals surface area contributed by atoms with Crippen LogP contribution in [0.3, 0.4) is 0 Å². The van der Waals surface area contributed by atoms with E-state index >= 15 is 0 Å². The second kappa shape index (κ2) is 8.50. The van der Waals surface area contributed by atoms with Gasteiger partial charge in [-0.05, 0) is 48.8 Å². The Hall–Kier alpha value is -2.13. The fourth-order valence-corrected chi connectivity index (χ4v) is 4.54. The number of amides is 1. The van der Waals surface area contributed by atoms with Crippen molar-refractivity contribution in [2.45, 2.75) is 40.0 Å². The lowest BCUT2D eigenvalue weighted by Crippen LogP contribution is -2.32. The predicted octanol–water partition coefficient (Wildman–Crippen LogP) is 6.06. The lowest BCUT2D eigenvalue weighted by atomic mass is 10.0. The third-order valence-corrected chi connectivity index (χ3v) is 5.87. The Bertz CT molecular complexity index is 873. The highest BCUT2D eigenvalue weighted by atomic mass is 32.1. The maximum Gasteiger partial charge on any atom is 0.264 e. The predicted molar refractivity (Wildman–Crippen MR) is 112 cm³/mol. The van der Waals surface area contributed by atoms with Gasteiger partial charge in [-0.25, -0.2) is 0 Å². The Kier molecular flexibility index (Phi) is 6.10. The molecule has 3 heteroatoms. The minimum atomic E-state index is 0.192. The molecule has 0 saturated heterocycles. The van der Waals surface area contributed by atoms with Crippen molar-refractivity contribution in [3.8, 4) is 0 Å². The molecule has 3 rings (SSSR count). The van der Waals surface area contributed by atoms with Crippen LogP contribution in [0.5, 0.6) is 0 Å². The van der Waals surface area contributed by atoms with Crippen molar-refractivity contribution in [3.05, 3.63) is 70.1 Å². The van der Waals surface area contributed by atoms with Crippen molar-refractivity contribution >= 4 is 27.3 Å². The van der Waals surface area contributed by atoms with Crippen LogP contribution in [0.15, 0.2) is 48.5 Å². The quantitative estimate of drug-likeness (QED) is 0.498. The second-order valence-corrected chi connectivity index (χ2v) is 7.91. The van der Waals surface area contributed by atoms with Gasteiger partial charge in [-0.3, -0.25) is 4.79 Å². The van der Waals surface area contributed by atoms with Crippen molar-refractivity contribution in [1.82, 2.24) is 4.90 Å². The van der Waals surface area contributed by atoms with Crippen LogP contribution in [-0.4, -0.2) is 23.9 Å². The number of hydrogen-bond acceptors (Lipinski definition) is 2. The number of fused-ring (bicyclic) bond motifs is 1. The van der Waals surface area contributed by atoms with E-state index in [4.69, 9.17) is 0 Å². The van der Waals surface area contributed by atoms with Gasteiger partial charge in [-0.15, -0.1) is 11.3 Å². The van der Waals surface area contributed by atoms with Gasteiger partial charge in [0.2, 0.25) is 0 Å². The molecular weight excluding hydrogens is 338 g/mol. The van der Waals surface area contributed by atoms with Crippen LogP contribution in [0.4, 0.5) is 0 Å². The van der Waals surface area contributed by atoms with Crippen molar-refractivity contribution < 1.29 is 4.79 Å². The SMILES string of the molecule is CCCN(CCC)C(=O)c1sc2ccccc2c1Cc1ccc(C)cc1. The van der Waals surface area contributed by atoms with E-state index in [9.17, 15) is 4.79 Å². The smallest absolute Gasteiger partial charge is 0.264 e. The molecule has 1 heterocycles. The number of rotatable bonds is 7. The lowest BCUT2D eigenvalue weighted by molar-refractivity contribution is 0.0759. The summed E-state index contributed by atoms with van der Waals surface area (Å²) in [5.74, 6) is 0.192. The van der Waals surface area contributed by atoms with Gasteiger partial charge >= 0.3 is 0 Å². The van der Waals surface area contributed by atoms with Gasteiger partial charge in [0.25, 0.3) is 5.91 Å².